The van der Waals surface area contributed by atoms with Crippen LogP contribution in [0, 0.1) is 17.7 Å². The first-order valence-electron chi connectivity index (χ1n) is 13.4. The number of amides is 1. The first kappa shape index (κ1) is 28.7. The number of phenolic OH excluding ortho intramolecular Hbond substituents is 1. The van der Waals surface area contributed by atoms with E-state index in [0.717, 1.165) is 5.56 Å². The van der Waals surface area contributed by atoms with Gasteiger partial charge >= 0.3 is 0 Å². The van der Waals surface area contributed by atoms with Crippen LogP contribution in [0.25, 0.3) is 10.8 Å². The number of Topliss-reactive ketones (excluding diaryl/α,β-unsaturated/α-hetero) is 2. The van der Waals surface area contributed by atoms with Gasteiger partial charge in [-0.05, 0) is 65.3 Å². The van der Waals surface area contributed by atoms with Gasteiger partial charge in [-0.25, -0.2) is 4.39 Å². The number of primary amides is 1. The number of hydrogen-bond acceptors (Lipinski definition) is 9. The Bertz CT molecular complexity index is 1600. The molecule has 0 saturated carbocycles. The highest BCUT2D eigenvalue weighted by Crippen LogP contribution is 2.53. The third-order valence-corrected chi connectivity index (χ3v) is 8.52. The molecule has 3 aliphatic carbocycles. The van der Waals surface area contributed by atoms with E-state index >= 15 is 4.39 Å². The molecule has 4 atom stereocenters. The van der Waals surface area contributed by atoms with Gasteiger partial charge in [-0.15, -0.1) is 0 Å². The number of aliphatic hydroxyl groups excluding tert-OH is 2. The molecule has 7 N–H and O–H groups in total. The number of benzene rings is 2. The highest BCUT2D eigenvalue weighted by molar-refractivity contribution is 6.25. The highest BCUT2D eigenvalue weighted by Gasteiger charge is 2.63. The van der Waals surface area contributed by atoms with Gasteiger partial charge in [0.2, 0.25) is 5.78 Å². The zero-order chi connectivity index (χ0) is 30.3. The molecule has 1 amide bonds. The second-order valence-corrected chi connectivity index (χ2v) is 12.5. The van der Waals surface area contributed by atoms with Crippen LogP contribution in [-0.4, -0.2) is 74.1 Å². The molecule has 5 rings (SSSR count). The molecule has 41 heavy (non-hydrogen) atoms. The zero-order valence-corrected chi connectivity index (χ0v) is 23.5. The van der Waals surface area contributed by atoms with Crippen molar-refractivity contribution in [1.29, 1.82) is 0 Å². The molecule has 0 aliphatic heterocycles. The van der Waals surface area contributed by atoms with Crippen LogP contribution < -0.4 is 11.1 Å². The van der Waals surface area contributed by atoms with E-state index in [0.29, 0.717) is 6.54 Å². The fourth-order valence-corrected chi connectivity index (χ4v) is 6.59. The van der Waals surface area contributed by atoms with Crippen molar-refractivity contribution in [2.75, 3.05) is 14.1 Å². The Labute approximate surface area is 235 Å². The topological polar surface area (TPSA) is 173 Å². The Kier molecular flexibility index (Phi) is 6.56. The van der Waals surface area contributed by atoms with Crippen LogP contribution in [0.1, 0.15) is 48.7 Å². The Morgan fingerprint density at radius 3 is 2.41 bits per heavy atom. The molecule has 0 spiro atoms. The Morgan fingerprint density at radius 1 is 1.17 bits per heavy atom. The summed E-state index contributed by atoms with van der Waals surface area (Å²) in [5.74, 6) is -8.36. The number of ketones is 2. The lowest BCUT2D eigenvalue weighted by molar-refractivity contribution is -0.148. The predicted molar refractivity (Wildman–Crippen MR) is 148 cm³/mol. The molecular formula is C30H34FN3O7. The van der Waals surface area contributed by atoms with Crippen molar-refractivity contribution >= 4 is 28.2 Å². The Balaban J connectivity index is 1.69. The maximum Gasteiger partial charge on any atom is 0.255 e. The van der Waals surface area contributed by atoms with Crippen molar-refractivity contribution in [2.45, 2.75) is 57.3 Å². The molecule has 0 radical (unpaired) electrons. The summed E-state index contributed by atoms with van der Waals surface area (Å²) in [6.07, 6.45) is -0.224. The molecule has 0 aromatic heterocycles. The van der Waals surface area contributed by atoms with E-state index in [4.69, 9.17) is 5.73 Å². The standard InChI is InChI=1S/C30H34FN3O7/c1-29(2,3)33-11-12-6-7-14-15(8-12)23(35)19-16(21(14)31)9-13-10-17-22(34(4)5)25(37)20(28(32)40)27(39)30(17,41)26(38)18(13)24(19)36/h6-8,13,17,22,33,35,37-38,41H,9-11H2,1-5H3,(H2,32,40)/t13-,17-,22-,30-/m0/s1. The molecule has 0 unspecified atom stereocenters. The molecule has 0 saturated heterocycles. The van der Waals surface area contributed by atoms with Gasteiger partial charge in [-0.3, -0.25) is 19.3 Å². The minimum Gasteiger partial charge on any atom is -0.510 e. The van der Waals surface area contributed by atoms with E-state index in [9.17, 15) is 34.8 Å². The van der Waals surface area contributed by atoms with Crippen molar-refractivity contribution < 1.29 is 39.2 Å². The third kappa shape index (κ3) is 4.13. The second-order valence-electron chi connectivity index (χ2n) is 12.5. The van der Waals surface area contributed by atoms with Crippen LogP contribution >= 0.6 is 0 Å². The van der Waals surface area contributed by atoms with Gasteiger partial charge in [-0.1, -0.05) is 12.1 Å². The first-order chi connectivity index (χ1) is 19.0. The number of nitrogens with two attached hydrogens (primary N) is 1. The van der Waals surface area contributed by atoms with Crippen molar-refractivity contribution in [1.82, 2.24) is 10.2 Å². The largest absolute Gasteiger partial charge is 0.510 e. The summed E-state index contributed by atoms with van der Waals surface area (Å²) < 4.78 is 16.0. The number of fused-ring (bicyclic) bond motifs is 4. The van der Waals surface area contributed by atoms with Crippen LogP contribution in [0.2, 0.25) is 0 Å². The predicted octanol–water partition coefficient (Wildman–Crippen LogP) is 2.30. The number of nitrogens with one attached hydrogen (secondary N) is 1. The minimum atomic E-state index is -2.75. The summed E-state index contributed by atoms with van der Waals surface area (Å²) in [6, 6.07) is 3.76. The quantitative estimate of drug-likeness (QED) is 0.303. The maximum absolute atomic E-state index is 16.0. The lowest BCUT2D eigenvalue weighted by Crippen LogP contribution is -2.63. The van der Waals surface area contributed by atoms with Crippen LogP contribution in [-0.2, 0) is 22.6 Å². The highest BCUT2D eigenvalue weighted by atomic mass is 19.1. The molecule has 11 heteroatoms. The summed E-state index contributed by atoms with van der Waals surface area (Å²) in [7, 11) is 3.09. The SMILES string of the molecule is CN(C)[C@@H]1C(O)=C(C(N)=O)C(=O)[C@@]2(O)C(O)=C3C(=O)c4c(c(F)c5ccc(CNC(C)(C)C)cc5c4O)C[C@H]3C[C@@H]12. The normalized spacial score (nSPS) is 26.4. The third-order valence-electron chi connectivity index (χ3n) is 8.52. The summed E-state index contributed by atoms with van der Waals surface area (Å²) in [6.45, 7) is 6.38. The number of carbonyl (C=O) groups excluding carboxylic acids is 3. The van der Waals surface area contributed by atoms with Gasteiger partial charge in [0.05, 0.1) is 11.6 Å². The van der Waals surface area contributed by atoms with E-state index in [1.165, 1.54) is 4.90 Å². The first-order valence-corrected chi connectivity index (χ1v) is 13.4. The van der Waals surface area contributed by atoms with Crippen LogP contribution in [0.15, 0.2) is 40.9 Å². The number of rotatable bonds is 4. The van der Waals surface area contributed by atoms with E-state index in [-0.39, 0.29) is 45.9 Å². The van der Waals surface area contributed by atoms with Gasteiger partial charge in [0.1, 0.15) is 28.7 Å². The average molecular weight is 568 g/mol. The van der Waals surface area contributed by atoms with Gasteiger partial charge in [-0.2, -0.15) is 0 Å². The van der Waals surface area contributed by atoms with Crippen molar-refractivity contribution in [3.8, 4) is 5.75 Å². The monoisotopic (exact) mass is 567 g/mol. The molecule has 10 nitrogen and oxygen atoms in total. The molecule has 218 valence electrons. The zero-order valence-electron chi connectivity index (χ0n) is 23.5. The Morgan fingerprint density at radius 2 is 1.83 bits per heavy atom. The van der Waals surface area contributed by atoms with Gasteiger partial charge in [0.15, 0.2) is 11.4 Å². The molecule has 2 aromatic carbocycles. The number of allylic oxidation sites excluding steroid dienone is 1. The van der Waals surface area contributed by atoms with E-state index in [2.05, 4.69) is 5.32 Å². The number of aliphatic hydroxyl groups is 3. The van der Waals surface area contributed by atoms with Crippen molar-refractivity contribution in [3.63, 3.8) is 0 Å². The van der Waals surface area contributed by atoms with Crippen molar-refractivity contribution in [2.24, 2.45) is 17.6 Å². The molecule has 2 aromatic rings. The maximum atomic E-state index is 16.0. The van der Waals surface area contributed by atoms with Crippen molar-refractivity contribution in [3.05, 3.63) is 63.4 Å². The van der Waals surface area contributed by atoms with E-state index < -0.39 is 69.6 Å². The second kappa shape index (κ2) is 9.37. The molecule has 3 aliphatic rings. The van der Waals surface area contributed by atoms with E-state index in [1.807, 2.05) is 20.8 Å². The van der Waals surface area contributed by atoms with Crippen LogP contribution in [0.3, 0.4) is 0 Å². The number of hydrogen-bond donors (Lipinski definition) is 6. The number of aromatic hydroxyl groups is 1. The van der Waals surface area contributed by atoms with E-state index in [1.54, 1.807) is 32.3 Å². The lowest BCUT2D eigenvalue weighted by atomic mass is 9.58. The van der Waals surface area contributed by atoms with Crippen LogP contribution in [0.5, 0.6) is 5.75 Å². The summed E-state index contributed by atoms with van der Waals surface area (Å²) in [4.78, 5) is 40.9. The Hall–Kier alpha value is -3.80. The molecular weight excluding hydrogens is 533 g/mol. The average Bonchev–Trinajstić information content (AvgIpc) is 2.87. The molecule has 0 bridgehead atoms. The molecule has 0 fully saturated rings. The van der Waals surface area contributed by atoms with Gasteiger partial charge in [0.25, 0.3) is 5.91 Å². The number of likely N-dealkylation sites (N-methyl/N-ethyl adjacent to an activating group) is 1. The number of halogens is 1. The minimum absolute atomic E-state index is 0.0336. The summed E-state index contributed by atoms with van der Waals surface area (Å²) in [5, 5.41) is 48.8. The number of nitrogens with zero attached hydrogens (tertiary/aromatic N) is 1. The smallest absolute Gasteiger partial charge is 0.255 e. The summed E-state index contributed by atoms with van der Waals surface area (Å²) >= 11 is 0. The van der Waals surface area contributed by atoms with Gasteiger partial charge in [0, 0.05) is 39.9 Å². The van der Waals surface area contributed by atoms with Crippen LogP contribution in [0.4, 0.5) is 4.39 Å². The number of phenols is 1. The lowest BCUT2D eigenvalue weighted by Gasteiger charge is -2.50. The van der Waals surface area contributed by atoms with Gasteiger partial charge < -0.3 is 31.5 Å². The number of carbonyl (C=O) groups is 3. The summed E-state index contributed by atoms with van der Waals surface area (Å²) in [5.41, 5.74) is 1.56. The fourth-order valence-electron chi connectivity index (χ4n) is 6.59. The fraction of sp³-hybridized carbons (Fsp3) is 0.433. The molecule has 0 heterocycles.